The average Bonchev–Trinajstić information content (AvgIpc) is 2.82. The molecule has 128 valence electrons. The fraction of sp³-hybridized carbons (Fsp3) is 0.0526. The van der Waals surface area contributed by atoms with Gasteiger partial charge in [-0.25, -0.2) is 9.97 Å². The second kappa shape index (κ2) is 6.64. The number of hydrogen-bond acceptors (Lipinski definition) is 5. The van der Waals surface area contributed by atoms with Crippen molar-refractivity contribution in [3.05, 3.63) is 77.9 Å². The molecule has 26 heavy (non-hydrogen) atoms. The number of para-hydroxylation sites is 1. The van der Waals surface area contributed by atoms with Crippen molar-refractivity contribution in [1.82, 2.24) is 15.3 Å². The molecular formula is C19H14N4O3. The van der Waals surface area contributed by atoms with Crippen molar-refractivity contribution >= 4 is 17.5 Å². The Kier molecular flexibility index (Phi) is 4.03. The molecule has 0 radical (unpaired) electrons. The van der Waals surface area contributed by atoms with Gasteiger partial charge in [0.15, 0.2) is 5.75 Å². The highest BCUT2D eigenvalue weighted by atomic mass is 16.5. The van der Waals surface area contributed by atoms with E-state index in [0.29, 0.717) is 34.9 Å². The molecule has 0 saturated heterocycles. The lowest BCUT2D eigenvalue weighted by molar-refractivity contribution is 0.0949. The van der Waals surface area contributed by atoms with Crippen molar-refractivity contribution in [1.29, 1.82) is 0 Å². The van der Waals surface area contributed by atoms with Gasteiger partial charge in [-0.15, -0.1) is 0 Å². The highest BCUT2D eigenvalue weighted by molar-refractivity contribution is 6.08. The van der Waals surface area contributed by atoms with E-state index < -0.39 is 0 Å². The summed E-state index contributed by atoms with van der Waals surface area (Å²) in [7, 11) is 0. The number of ether oxygens (including phenoxy) is 1. The lowest BCUT2D eigenvalue weighted by Gasteiger charge is -2.10. The predicted molar refractivity (Wildman–Crippen MR) is 94.1 cm³/mol. The van der Waals surface area contributed by atoms with E-state index in [1.54, 1.807) is 54.9 Å². The zero-order valence-corrected chi connectivity index (χ0v) is 13.6. The molecule has 2 heterocycles. The molecule has 0 fully saturated rings. The minimum atomic E-state index is -0.279. The number of nitrogens with one attached hydrogen (secondary N) is 2. The van der Waals surface area contributed by atoms with Crippen LogP contribution in [0.4, 0.5) is 5.69 Å². The second-order valence-electron chi connectivity index (χ2n) is 5.69. The highest BCUT2D eigenvalue weighted by Crippen LogP contribution is 2.35. The third-order valence-corrected chi connectivity index (χ3v) is 3.91. The van der Waals surface area contributed by atoms with Gasteiger partial charge in [-0.05, 0) is 30.3 Å². The number of anilines is 1. The summed E-state index contributed by atoms with van der Waals surface area (Å²) in [6, 6.07) is 11.9. The van der Waals surface area contributed by atoms with E-state index in [9.17, 15) is 9.59 Å². The molecular weight excluding hydrogens is 332 g/mol. The van der Waals surface area contributed by atoms with Crippen LogP contribution in [0, 0.1) is 0 Å². The molecule has 1 aliphatic heterocycles. The Morgan fingerprint density at radius 2 is 1.88 bits per heavy atom. The summed E-state index contributed by atoms with van der Waals surface area (Å²) in [6.07, 6.45) is 4.70. The van der Waals surface area contributed by atoms with E-state index in [2.05, 4.69) is 20.6 Å². The van der Waals surface area contributed by atoms with Gasteiger partial charge >= 0.3 is 0 Å². The van der Waals surface area contributed by atoms with Crippen LogP contribution in [-0.2, 0) is 6.54 Å². The zero-order valence-electron chi connectivity index (χ0n) is 13.6. The fourth-order valence-corrected chi connectivity index (χ4v) is 2.61. The predicted octanol–water partition coefficient (Wildman–Crippen LogP) is 2.76. The minimum absolute atomic E-state index is 0.271. The Hall–Kier alpha value is -3.74. The van der Waals surface area contributed by atoms with E-state index in [1.807, 2.05) is 0 Å². The Morgan fingerprint density at radius 1 is 1.08 bits per heavy atom. The molecule has 2 N–H and O–H groups in total. The van der Waals surface area contributed by atoms with Crippen LogP contribution < -0.4 is 15.4 Å². The van der Waals surface area contributed by atoms with Crippen molar-refractivity contribution in [3.63, 3.8) is 0 Å². The molecule has 4 rings (SSSR count). The van der Waals surface area contributed by atoms with Gasteiger partial charge < -0.3 is 15.4 Å². The third-order valence-electron chi connectivity index (χ3n) is 3.91. The third kappa shape index (κ3) is 3.10. The van der Waals surface area contributed by atoms with Crippen molar-refractivity contribution in [2.75, 3.05) is 5.32 Å². The van der Waals surface area contributed by atoms with Crippen molar-refractivity contribution in [3.8, 4) is 11.5 Å². The normalized spacial score (nSPS) is 12.1. The number of nitrogens with zero attached hydrogens (tertiary/aromatic N) is 2. The molecule has 1 aromatic heterocycles. The summed E-state index contributed by atoms with van der Waals surface area (Å²) in [5, 5.41) is 5.58. The van der Waals surface area contributed by atoms with Gasteiger partial charge in [-0.2, -0.15) is 0 Å². The summed E-state index contributed by atoms with van der Waals surface area (Å²) in [6.45, 7) is 0.311. The SMILES string of the molecule is O=C(NCc1cncnc1)c1ccc2c(c1)NC(=O)c1ccccc1O2. The van der Waals surface area contributed by atoms with Gasteiger partial charge in [0.05, 0.1) is 11.3 Å². The number of benzene rings is 2. The number of carbonyl (C=O) groups is 2. The van der Waals surface area contributed by atoms with E-state index in [-0.39, 0.29) is 11.8 Å². The van der Waals surface area contributed by atoms with Crippen LogP contribution >= 0.6 is 0 Å². The summed E-state index contributed by atoms with van der Waals surface area (Å²) in [4.78, 5) is 32.5. The molecule has 0 unspecified atom stereocenters. The molecule has 0 bridgehead atoms. The van der Waals surface area contributed by atoms with Crippen LogP contribution in [0.3, 0.4) is 0 Å². The first kappa shape index (κ1) is 15.8. The maximum atomic E-state index is 12.4. The summed E-state index contributed by atoms with van der Waals surface area (Å²) in [5.41, 5.74) is 2.10. The van der Waals surface area contributed by atoms with Crippen molar-refractivity contribution < 1.29 is 14.3 Å². The van der Waals surface area contributed by atoms with Gasteiger partial charge in [0.25, 0.3) is 11.8 Å². The van der Waals surface area contributed by atoms with Crippen LogP contribution in [0.2, 0.25) is 0 Å². The van der Waals surface area contributed by atoms with E-state index in [4.69, 9.17) is 4.74 Å². The largest absolute Gasteiger partial charge is 0.454 e. The van der Waals surface area contributed by atoms with Crippen LogP contribution in [0.15, 0.2) is 61.2 Å². The minimum Gasteiger partial charge on any atom is -0.454 e. The first-order chi connectivity index (χ1) is 12.7. The topological polar surface area (TPSA) is 93.2 Å². The molecule has 3 aromatic rings. The summed E-state index contributed by atoms with van der Waals surface area (Å²) >= 11 is 0. The molecule has 1 aliphatic rings. The maximum Gasteiger partial charge on any atom is 0.259 e. The van der Waals surface area contributed by atoms with Crippen LogP contribution in [-0.4, -0.2) is 21.8 Å². The zero-order chi connectivity index (χ0) is 17.9. The number of carbonyl (C=O) groups excluding carboxylic acids is 2. The molecule has 0 saturated carbocycles. The number of rotatable bonds is 3. The molecule has 7 heteroatoms. The van der Waals surface area contributed by atoms with E-state index in [1.165, 1.54) is 6.33 Å². The van der Waals surface area contributed by atoms with Gasteiger partial charge in [-0.1, -0.05) is 12.1 Å². The summed E-state index contributed by atoms with van der Waals surface area (Å²) in [5.74, 6) is 0.410. The monoisotopic (exact) mass is 346 g/mol. The smallest absolute Gasteiger partial charge is 0.259 e. The average molecular weight is 346 g/mol. The molecule has 0 spiro atoms. The number of amides is 2. The molecule has 0 aliphatic carbocycles. The van der Waals surface area contributed by atoms with Crippen LogP contribution in [0.5, 0.6) is 11.5 Å². The number of aromatic nitrogens is 2. The molecule has 7 nitrogen and oxygen atoms in total. The molecule has 0 atom stereocenters. The van der Waals surface area contributed by atoms with Crippen LogP contribution in [0.25, 0.3) is 0 Å². The molecule has 2 aromatic carbocycles. The van der Waals surface area contributed by atoms with E-state index >= 15 is 0 Å². The summed E-state index contributed by atoms with van der Waals surface area (Å²) < 4.78 is 5.81. The van der Waals surface area contributed by atoms with Crippen molar-refractivity contribution in [2.45, 2.75) is 6.54 Å². The second-order valence-corrected chi connectivity index (χ2v) is 5.69. The Balaban J connectivity index is 1.55. The first-order valence-electron chi connectivity index (χ1n) is 7.95. The van der Waals surface area contributed by atoms with Gasteiger partial charge in [0.1, 0.15) is 12.1 Å². The Bertz CT molecular complexity index is 989. The van der Waals surface area contributed by atoms with E-state index in [0.717, 1.165) is 5.56 Å². The van der Waals surface area contributed by atoms with Crippen LogP contribution in [0.1, 0.15) is 26.3 Å². The Morgan fingerprint density at radius 3 is 2.73 bits per heavy atom. The maximum absolute atomic E-state index is 12.4. The standard InChI is InChI=1S/C19H14N4O3/c24-18(22-10-12-8-20-11-21-9-12)13-5-6-17-15(7-13)23-19(25)14-3-1-2-4-16(14)26-17/h1-9,11H,10H2,(H,22,24)(H,23,25). The highest BCUT2D eigenvalue weighted by Gasteiger charge is 2.21. The van der Waals surface area contributed by atoms with Gasteiger partial charge in [-0.3, -0.25) is 9.59 Å². The number of hydrogen-bond donors (Lipinski definition) is 2. The lowest BCUT2D eigenvalue weighted by Crippen LogP contribution is -2.23. The Labute approximate surface area is 149 Å². The number of fused-ring (bicyclic) bond motifs is 2. The van der Waals surface area contributed by atoms with Gasteiger partial charge in [0.2, 0.25) is 0 Å². The molecule has 2 amide bonds. The quantitative estimate of drug-likeness (QED) is 0.761. The lowest BCUT2D eigenvalue weighted by atomic mass is 10.1. The fourth-order valence-electron chi connectivity index (χ4n) is 2.61. The van der Waals surface area contributed by atoms with Crippen molar-refractivity contribution in [2.24, 2.45) is 0 Å². The van der Waals surface area contributed by atoms with Gasteiger partial charge in [0, 0.05) is 30.1 Å². The first-order valence-corrected chi connectivity index (χ1v) is 7.95.